The van der Waals surface area contributed by atoms with E-state index in [1.807, 2.05) is 0 Å². The van der Waals surface area contributed by atoms with E-state index in [0.717, 1.165) is 6.42 Å². The van der Waals surface area contributed by atoms with Crippen LogP contribution in [0.25, 0.3) is 0 Å². The standard InChI is InChI=1S/C11H11Cl2NO/c1-2-3-6-14-11(15)9-5-4-8(12)7-10(9)13/h2,4-5,7H,1,3,6H2,(H,14,15). The number of amides is 1. The number of rotatable bonds is 4. The Morgan fingerprint density at radius 2 is 2.20 bits per heavy atom. The fourth-order valence-corrected chi connectivity index (χ4v) is 1.55. The maximum absolute atomic E-state index is 11.6. The van der Waals surface area contributed by atoms with Gasteiger partial charge < -0.3 is 5.32 Å². The Balaban J connectivity index is 2.69. The van der Waals surface area contributed by atoms with Gasteiger partial charge in [0.05, 0.1) is 10.6 Å². The van der Waals surface area contributed by atoms with Crippen molar-refractivity contribution in [1.29, 1.82) is 0 Å². The molecule has 2 nitrogen and oxygen atoms in total. The van der Waals surface area contributed by atoms with E-state index in [1.54, 1.807) is 24.3 Å². The predicted octanol–water partition coefficient (Wildman–Crippen LogP) is 3.30. The number of benzene rings is 1. The van der Waals surface area contributed by atoms with Crippen molar-refractivity contribution in [3.63, 3.8) is 0 Å². The molecule has 0 atom stereocenters. The summed E-state index contributed by atoms with van der Waals surface area (Å²) in [6.45, 7) is 4.12. The normalized spacial score (nSPS) is 9.73. The van der Waals surface area contributed by atoms with Gasteiger partial charge in [-0.25, -0.2) is 0 Å². The molecular weight excluding hydrogens is 233 g/mol. The van der Waals surface area contributed by atoms with Crippen molar-refractivity contribution in [3.05, 3.63) is 46.5 Å². The van der Waals surface area contributed by atoms with E-state index in [1.165, 1.54) is 0 Å². The quantitative estimate of drug-likeness (QED) is 0.639. The first kappa shape index (κ1) is 12.1. The van der Waals surface area contributed by atoms with Crippen LogP contribution in [0.1, 0.15) is 16.8 Å². The SMILES string of the molecule is C=CCCNC(=O)c1ccc(Cl)cc1Cl. The molecule has 0 saturated carbocycles. The van der Waals surface area contributed by atoms with Gasteiger partial charge in [0, 0.05) is 11.6 Å². The van der Waals surface area contributed by atoms with Crippen molar-refractivity contribution in [2.75, 3.05) is 6.54 Å². The summed E-state index contributed by atoms with van der Waals surface area (Å²) in [5, 5.41) is 3.60. The van der Waals surface area contributed by atoms with Crippen LogP contribution in [0.3, 0.4) is 0 Å². The van der Waals surface area contributed by atoms with Crippen LogP contribution >= 0.6 is 23.2 Å². The lowest BCUT2D eigenvalue weighted by Gasteiger charge is -2.05. The lowest BCUT2D eigenvalue weighted by molar-refractivity contribution is 0.0954. The third kappa shape index (κ3) is 3.57. The summed E-state index contributed by atoms with van der Waals surface area (Å²) >= 11 is 11.6. The van der Waals surface area contributed by atoms with E-state index in [9.17, 15) is 4.79 Å². The summed E-state index contributed by atoms with van der Waals surface area (Å²) < 4.78 is 0. The highest BCUT2D eigenvalue weighted by molar-refractivity contribution is 6.36. The monoisotopic (exact) mass is 243 g/mol. The molecule has 0 spiro atoms. The maximum Gasteiger partial charge on any atom is 0.252 e. The molecule has 0 aliphatic rings. The largest absolute Gasteiger partial charge is 0.352 e. The molecule has 0 bridgehead atoms. The second-order valence-electron chi connectivity index (χ2n) is 2.96. The van der Waals surface area contributed by atoms with Crippen molar-refractivity contribution in [2.45, 2.75) is 6.42 Å². The van der Waals surface area contributed by atoms with E-state index >= 15 is 0 Å². The van der Waals surface area contributed by atoms with Crippen molar-refractivity contribution in [2.24, 2.45) is 0 Å². The number of nitrogens with one attached hydrogen (secondary N) is 1. The molecule has 0 aliphatic heterocycles. The van der Waals surface area contributed by atoms with Crippen LogP contribution in [-0.4, -0.2) is 12.5 Å². The fraction of sp³-hybridized carbons (Fsp3) is 0.182. The van der Waals surface area contributed by atoms with E-state index in [4.69, 9.17) is 23.2 Å². The van der Waals surface area contributed by atoms with Gasteiger partial charge in [-0.3, -0.25) is 4.79 Å². The number of carbonyl (C=O) groups is 1. The average molecular weight is 244 g/mol. The Labute approximate surface area is 98.9 Å². The van der Waals surface area contributed by atoms with Gasteiger partial charge in [0.1, 0.15) is 0 Å². The fourth-order valence-electron chi connectivity index (χ4n) is 1.06. The van der Waals surface area contributed by atoms with Gasteiger partial charge in [0.2, 0.25) is 0 Å². The second kappa shape index (κ2) is 5.79. The molecule has 0 aliphatic carbocycles. The Kier molecular flexibility index (Phi) is 4.66. The maximum atomic E-state index is 11.6. The minimum Gasteiger partial charge on any atom is -0.352 e. The van der Waals surface area contributed by atoms with Crippen LogP contribution in [0.15, 0.2) is 30.9 Å². The van der Waals surface area contributed by atoms with Crippen LogP contribution < -0.4 is 5.32 Å². The van der Waals surface area contributed by atoms with Crippen LogP contribution in [0.2, 0.25) is 10.0 Å². The summed E-state index contributed by atoms with van der Waals surface area (Å²) in [7, 11) is 0. The summed E-state index contributed by atoms with van der Waals surface area (Å²) in [6, 6.07) is 4.79. The Bertz CT molecular complexity index is 377. The smallest absolute Gasteiger partial charge is 0.252 e. The Morgan fingerprint density at radius 1 is 1.47 bits per heavy atom. The lowest BCUT2D eigenvalue weighted by atomic mass is 10.2. The van der Waals surface area contributed by atoms with Crippen molar-refractivity contribution >= 4 is 29.1 Å². The van der Waals surface area contributed by atoms with E-state index in [-0.39, 0.29) is 5.91 Å². The van der Waals surface area contributed by atoms with Crippen molar-refractivity contribution in [1.82, 2.24) is 5.32 Å². The van der Waals surface area contributed by atoms with Crippen molar-refractivity contribution in [3.8, 4) is 0 Å². The second-order valence-corrected chi connectivity index (χ2v) is 3.80. The summed E-state index contributed by atoms with van der Waals surface area (Å²) in [5.74, 6) is -0.196. The molecule has 1 rings (SSSR count). The molecule has 4 heteroatoms. The highest BCUT2D eigenvalue weighted by atomic mass is 35.5. The Hall–Kier alpha value is -0.990. The third-order valence-electron chi connectivity index (χ3n) is 1.81. The first-order chi connectivity index (χ1) is 7.15. The number of halogens is 2. The van der Waals surface area contributed by atoms with Crippen LogP contribution in [0.5, 0.6) is 0 Å². The average Bonchev–Trinajstić information content (AvgIpc) is 2.17. The molecule has 0 saturated heterocycles. The van der Waals surface area contributed by atoms with E-state index in [2.05, 4.69) is 11.9 Å². The molecule has 15 heavy (non-hydrogen) atoms. The molecule has 1 aromatic carbocycles. The number of hydrogen-bond acceptors (Lipinski definition) is 1. The topological polar surface area (TPSA) is 29.1 Å². The van der Waals surface area contributed by atoms with Gasteiger partial charge in [-0.05, 0) is 24.6 Å². The molecule has 1 N–H and O–H groups in total. The lowest BCUT2D eigenvalue weighted by Crippen LogP contribution is -2.24. The first-order valence-electron chi connectivity index (χ1n) is 4.49. The molecule has 1 amide bonds. The minimum atomic E-state index is -0.196. The number of carbonyl (C=O) groups excluding carboxylic acids is 1. The molecule has 1 aromatic rings. The summed E-state index contributed by atoms with van der Waals surface area (Å²) in [6.07, 6.45) is 2.47. The van der Waals surface area contributed by atoms with E-state index < -0.39 is 0 Å². The Morgan fingerprint density at radius 3 is 2.80 bits per heavy atom. The van der Waals surface area contributed by atoms with Crippen molar-refractivity contribution < 1.29 is 4.79 Å². The summed E-state index contributed by atoms with van der Waals surface area (Å²) in [4.78, 5) is 11.6. The zero-order valence-corrected chi connectivity index (χ0v) is 9.61. The third-order valence-corrected chi connectivity index (χ3v) is 2.36. The molecule has 0 fully saturated rings. The molecule has 0 unspecified atom stereocenters. The minimum absolute atomic E-state index is 0.196. The van der Waals surface area contributed by atoms with Crippen LogP contribution in [-0.2, 0) is 0 Å². The van der Waals surface area contributed by atoms with Crippen LogP contribution in [0, 0.1) is 0 Å². The summed E-state index contributed by atoms with van der Waals surface area (Å²) in [5.41, 5.74) is 0.435. The highest BCUT2D eigenvalue weighted by Gasteiger charge is 2.09. The molecule has 0 radical (unpaired) electrons. The molecule has 0 heterocycles. The molecule has 80 valence electrons. The van der Waals surface area contributed by atoms with Crippen LogP contribution in [0.4, 0.5) is 0 Å². The van der Waals surface area contributed by atoms with Gasteiger partial charge in [-0.1, -0.05) is 29.3 Å². The van der Waals surface area contributed by atoms with Gasteiger partial charge in [0.15, 0.2) is 0 Å². The predicted molar refractivity (Wildman–Crippen MR) is 63.6 cm³/mol. The van der Waals surface area contributed by atoms with E-state index in [0.29, 0.717) is 22.2 Å². The van der Waals surface area contributed by atoms with Gasteiger partial charge in [-0.2, -0.15) is 0 Å². The van der Waals surface area contributed by atoms with Gasteiger partial charge in [0.25, 0.3) is 5.91 Å². The molecular formula is C11H11Cl2NO. The molecule has 0 aromatic heterocycles. The zero-order valence-electron chi connectivity index (χ0n) is 8.09. The number of hydrogen-bond donors (Lipinski definition) is 1. The van der Waals surface area contributed by atoms with Gasteiger partial charge in [-0.15, -0.1) is 6.58 Å². The zero-order chi connectivity index (χ0) is 11.3. The highest BCUT2D eigenvalue weighted by Crippen LogP contribution is 2.20. The first-order valence-corrected chi connectivity index (χ1v) is 5.25. The van der Waals surface area contributed by atoms with Gasteiger partial charge >= 0.3 is 0 Å².